The molecule has 2 N–H and O–H groups in total. The van der Waals surface area contributed by atoms with Gasteiger partial charge in [-0.05, 0) is 12.8 Å². The summed E-state index contributed by atoms with van der Waals surface area (Å²) in [6.45, 7) is 1.04. The maximum Gasteiger partial charge on any atom is 0.303 e. The first kappa shape index (κ1) is 11.4. The minimum absolute atomic E-state index is 0.0507. The van der Waals surface area contributed by atoms with Gasteiger partial charge in [-0.1, -0.05) is 6.42 Å². The molecule has 4 heteroatoms. The van der Waals surface area contributed by atoms with Crippen LogP contribution in [0.4, 0.5) is 0 Å². The van der Waals surface area contributed by atoms with Crippen molar-refractivity contribution < 1.29 is 19.7 Å². The van der Waals surface area contributed by atoms with Gasteiger partial charge in [0.25, 0.3) is 0 Å². The van der Waals surface area contributed by atoms with Crippen molar-refractivity contribution in [2.45, 2.75) is 25.7 Å². The lowest BCUT2D eigenvalue weighted by molar-refractivity contribution is -0.137. The molecular formula is C8H16O4. The number of aliphatic hydroxyl groups excluding tert-OH is 1. The Labute approximate surface area is 72.2 Å². The minimum atomic E-state index is -0.744. The Kier molecular flexibility index (Phi) is 8.05. The highest BCUT2D eigenvalue weighted by Gasteiger charge is 1.95. The van der Waals surface area contributed by atoms with E-state index in [0.717, 1.165) is 12.8 Å². The maximum atomic E-state index is 10.1. The Morgan fingerprint density at radius 2 is 1.92 bits per heavy atom. The summed E-state index contributed by atoms with van der Waals surface area (Å²) in [6.07, 6.45) is 2.68. The zero-order valence-corrected chi connectivity index (χ0v) is 7.16. The normalized spacial score (nSPS) is 10.1. The van der Waals surface area contributed by atoms with Gasteiger partial charge in [0.15, 0.2) is 0 Å². The van der Waals surface area contributed by atoms with Crippen LogP contribution in [0.5, 0.6) is 0 Å². The first-order chi connectivity index (χ1) is 5.77. The third-order valence-electron chi connectivity index (χ3n) is 1.41. The van der Waals surface area contributed by atoms with E-state index in [-0.39, 0.29) is 13.0 Å². The molecule has 0 saturated carbocycles. The van der Waals surface area contributed by atoms with E-state index in [1.54, 1.807) is 0 Å². The number of aliphatic carboxylic acids is 1. The van der Waals surface area contributed by atoms with Crippen molar-refractivity contribution in [1.82, 2.24) is 0 Å². The Balaban J connectivity index is 2.86. The molecular weight excluding hydrogens is 160 g/mol. The Hall–Kier alpha value is -0.610. The topological polar surface area (TPSA) is 66.8 Å². The molecule has 0 unspecified atom stereocenters. The van der Waals surface area contributed by atoms with Gasteiger partial charge in [0.05, 0.1) is 13.2 Å². The van der Waals surface area contributed by atoms with E-state index in [4.69, 9.17) is 14.9 Å². The van der Waals surface area contributed by atoms with Crippen LogP contribution < -0.4 is 0 Å². The van der Waals surface area contributed by atoms with Gasteiger partial charge in [-0.15, -0.1) is 0 Å². The summed E-state index contributed by atoms with van der Waals surface area (Å²) in [7, 11) is 0. The molecule has 0 bridgehead atoms. The van der Waals surface area contributed by atoms with Gasteiger partial charge in [0.1, 0.15) is 0 Å². The van der Waals surface area contributed by atoms with Gasteiger partial charge in [-0.3, -0.25) is 4.79 Å². The molecule has 0 amide bonds. The lowest BCUT2D eigenvalue weighted by Crippen LogP contribution is -2.01. The van der Waals surface area contributed by atoms with Crippen LogP contribution in [0.25, 0.3) is 0 Å². The molecule has 0 aliphatic rings. The van der Waals surface area contributed by atoms with Gasteiger partial charge < -0.3 is 14.9 Å². The molecule has 0 spiro atoms. The van der Waals surface area contributed by atoms with Crippen LogP contribution in [0.3, 0.4) is 0 Å². The summed E-state index contributed by atoms with van der Waals surface area (Å²) in [6, 6.07) is 0. The first-order valence-corrected chi connectivity index (χ1v) is 4.17. The number of unbranched alkanes of at least 4 members (excludes halogenated alkanes) is 2. The van der Waals surface area contributed by atoms with Gasteiger partial charge in [0, 0.05) is 13.0 Å². The molecule has 0 saturated heterocycles. The van der Waals surface area contributed by atoms with E-state index in [1.165, 1.54) is 0 Å². The summed E-state index contributed by atoms with van der Waals surface area (Å²) >= 11 is 0. The quantitative estimate of drug-likeness (QED) is 0.532. The molecule has 0 heterocycles. The van der Waals surface area contributed by atoms with Crippen molar-refractivity contribution in [2.75, 3.05) is 19.8 Å². The number of carbonyl (C=O) groups is 1. The molecule has 0 aliphatic carbocycles. The van der Waals surface area contributed by atoms with Crippen molar-refractivity contribution in [3.8, 4) is 0 Å². The average Bonchev–Trinajstić information content (AvgIpc) is 2.02. The summed E-state index contributed by atoms with van der Waals surface area (Å²) in [5, 5.41) is 16.6. The van der Waals surface area contributed by atoms with Crippen LogP contribution >= 0.6 is 0 Å². The predicted octanol–water partition coefficient (Wildman–Crippen LogP) is 0.640. The van der Waals surface area contributed by atoms with E-state index in [1.807, 2.05) is 0 Å². The smallest absolute Gasteiger partial charge is 0.303 e. The molecule has 0 atom stereocenters. The number of aliphatic hydroxyl groups is 1. The summed E-state index contributed by atoms with van der Waals surface area (Å²) < 4.78 is 4.99. The zero-order chi connectivity index (χ0) is 9.23. The van der Waals surface area contributed by atoms with Gasteiger partial charge in [-0.2, -0.15) is 0 Å². The van der Waals surface area contributed by atoms with Crippen LogP contribution in [-0.4, -0.2) is 36.0 Å². The van der Waals surface area contributed by atoms with Crippen molar-refractivity contribution in [3.63, 3.8) is 0 Å². The van der Waals surface area contributed by atoms with Crippen molar-refractivity contribution in [3.05, 3.63) is 0 Å². The molecule has 72 valence electrons. The molecule has 0 fully saturated rings. The van der Waals surface area contributed by atoms with Crippen molar-refractivity contribution in [2.24, 2.45) is 0 Å². The molecule has 0 aromatic heterocycles. The molecule has 0 radical (unpaired) electrons. The van der Waals surface area contributed by atoms with E-state index < -0.39 is 5.97 Å². The van der Waals surface area contributed by atoms with Crippen LogP contribution in [0.1, 0.15) is 25.7 Å². The molecule has 0 aromatic rings. The fourth-order valence-corrected chi connectivity index (χ4v) is 0.824. The van der Waals surface area contributed by atoms with Crippen LogP contribution in [0, 0.1) is 0 Å². The number of hydrogen-bond donors (Lipinski definition) is 2. The number of carboxylic acid groups (broad SMARTS) is 1. The number of hydrogen-bond acceptors (Lipinski definition) is 3. The second kappa shape index (κ2) is 8.49. The third kappa shape index (κ3) is 9.39. The minimum Gasteiger partial charge on any atom is -0.481 e. The largest absolute Gasteiger partial charge is 0.481 e. The van der Waals surface area contributed by atoms with Gasteiger partial charge in [-0.25, -0.2) is 0 Å². The number of rotatable bonds is 8. The number of carboxylic acids is 1. The standard InChI is InChI=1S/C8H16O4/c9-5-7-12-6-3-1-2-4-8(10)11/h9H,1-7H2,(H,10,11). The SMILES string of the molecule is O=C(O)CCCCCOCCO. The van der Waals surface area contributed by atoms with E-state index in [0.29, 0.717) is 19.6 Å². The summed E-state index contributed by atoms with van der Waals surface area (Å²) in [5.74, 6) is -0.744. The van der Waals surface area contributed by atoms with Crippen molar-refractivity contribution in [1.29, 1.82) is 0 Å². The zero-order valence-electron chi connectivity index (χ0n) is 7.16. The number of ether oxygens (including phenoxy) is 1. The fourth-order valence-electron chi connectivity index (χ4n) is 0.824. The first-order valence-electron chi connectivity index (χ1n) is 4.17. The average molecular weight is 176 g/mol. The highest BCUT2D eigenvalue weighted by atomic mass is 16.5. The van der Waals surface area contributed by atoms with Gasteiger partial charge in [0.2, 0.25) is 0 Å². The van der Waals surface area contributed by atoms with Gasteiger partial charge >= 0.3 is 5.97 Å². The molecule has 0 aromatic carbocycles. The molecule has 0 rings (SSSR count). The molecule has 4 nitrogen and oxygen atoms in total. The summed E-state index contributed by atoms with van der Waals surface area (Å²) in [5.41, 5.74) is 0. The summed E-state index contributed by atoms with van der Waals surface area (Å²) in [4.78, 5) is 10.1. The second-order valence-corrected chi connectivity index (χ2v) is 2.54. The highest BCUT2D eigenvalue weighted by Crippen LogP contribution is 1.99. The second-order valence-electron chi connectivity index (χ2n) is 2.54. The Morgan fingerprint density at radius 3 is 2.50 bits per heavy atom. The highest BCUT2D eigenvalue weighted by molar-refractivity contribution is 5.66. The van der Waals surface area contributed by atoms with E-state index in [9.17, 15) is 4.79 Å². The fraction of sp³-hybridized carbons (Fsp3) is 0.875. The Morgan fingerprint density at radius 1 is 1.17 bits per heavy atom. The Bertz CT molecular complexity index is 114. The predicted molar refractivity (Wildman–Crippen MR) is 44.0 cm³/mol. The van der Waals surface area contributed by atoms with Crippen LogP contribution in [0.15, 0.2) is 0 Å². The lowest BCUT2D eigenvalue weighted by Gasteiger charge is -2.00. The van der Waals surface area contributed by atoms with Crippen molar-refractivity contribution >= 4 is 5.97 Å². The molecule has 0 aliphatic heterocycles. The van der Waals surface area contributed by atoms with E-state index >= 15 is 0 Å². The molecule has 12 heavy (non-hydrogen) atoms. The van der Waals surface area contributed by atoms with Crippen LogP contribution in [0.2, 0.25) is 0 Å². The third-order valence-corrected chi connectivity index (χ3v) is 1.41. The maximum absolute atomic E-state index is 10.1. The van der Waals surface area contributed by atoms with Crippen LogP contribution in [-0.2, 0) is 9.53 Å². The van der Waals surface area contributed by atoms with E-state index in [2.05, 4.69) is 0 Å². The lowest BCUT2D eigenvalue weighted by atomic mass is 10.2. The monoisotopic (exact) mass is 176 g/mol.